The van der Waals surface area contributed by atoms with E-state index < -0.39 is 15.9 Å². The Labute approximate surface area is 177 Å². The topological polar surface area (TPSA) is 105 Å². The summed E-state index contributed by atoms with van der Waals surface area (Å²) >= 11 is 5.82. The Balaban J connectivity index is 1.49. The molecule has 0 atom stereocenters. The molecule has 0 saturated heterocycles. The predicted molar refractivity (Wildman–Crippen MR) is 113 cm³/mol. The van der Waals surface area contributed by atoms with Crippen molar-refractivity contribution in [2.45, 2.75) is 11.4 Å². The number of amides is 1. The van der Waals surface area contributed by atoms with Crippen LogP contribution in [0.4, 0.5) is 5.69 Å². The van der Waals surface area contributed by atoms with E-state index >= 15 is 0 Å². The highest BCUT2D eigenvalue weighted by Gasteiger charge is 2.17. The highest BCUT2D eigenvalue weighted by atomic mass is 35.5. The van der Waals surface area contributed by atoms with Gasteiger partial charge < -0.3 is 5.32 Å². The zero-order valence-electron chi connectivity index (χ0n) is 15.5. The minimum Gasteiger partial charge on any atom is -0.345 e. The summed E-state index contributed by atoms with van der Waals surface area (Å²) < 4.78 is 29.5. The third-order valence-electron chi connectivity index (χ3n) is 4.29. The van der Waals surface area contributed by atoms with Crippen LogP contribution in [0.1, 0.15) is 16.2 Å². The second-order valence-corrected chi connectivity index (χ2v) is 8.49. The van der Waals surface area contributed by atoms with Gasteiger partial charge in [-0.2, -0.15) is 0 Å². The molecule has 30 heavy (non-hydrogen) atoms. The first kappa shape index (κ1) is 19.9. The van der Waals surface area contributed by atoms with Crippen molar-refractivity contribution in [3.63, 3.8) is 0 Å². The van der Waals surface area contributed by atoms with Crippen LogP contribution in [0.5, 0.6) is 0 Å². The molecule has 2 heterocycles. The molecule has 0 aliphatic heterocycles. The molecule has 2 aromatic carbocycles. The third-order valence-corrected chi connectivity index (χ3v) is 5.93. The summed E-state index contributed by atoms with van der Waals surface area (Å²) in [4.78, 5) is 12.5. The van der Waals surface area contributed by atoms with Crippen LogP contribution in [0.2, 0.25) is 5.02 Å². The van der Waals surface area contributed by atoms with E-state index in [2.05, 4.69) is 20.2 Å². The van der Waals surface area contributed by atoms with Crippen LogP contribution in [0.15, 0.2) is 77.8 Å². The van der Waals surface area contributed by atoms with E-state index in [1.807, 2.05) is 12.1 Å². The maximum atomic E-state index is 12.7. The summed E-state index contributed by atoms with van der Waals surface area (Å²) in [6.07, 6.45) is 1.80. The fourth-order valence-corrected chi connectivity index (χ4v) is 4.04. The van der Waals surface area contributed by atoms with Gasteiger partial charge in [0, 0.05) is 22.5 Å². The maximum absolute atomic E-state index is 12.7. The van der Waals surface area contributed by atoms with Crippen LogP contribution in [-0.2, 0) is 16.6 Å². The van der Waals surface area contributed by atoms with Crippen molar-refractivity contribution in [2.75, 3.05) is 4.72 Å². The van der Waals surface area contributed by atoms with E-state index in [4.69, 9.17) is 11.6 Å². The number of nitrogens with zero attached hydrogens (tertiary/aromatic N) is 3. The first-order valence-corrected chi connectivity index (χ1v) is 10.7. The Morgan fingerprint density at radius 1 is 1.00 bits per heavy atom. The van der Waals surface area contributed by atoms with Crippen molar-refractivity contribution in [1.82, 2.24) is 19.9 Å². The minimum absolute atomic E-state index is 0.0296. The summed E-state index contributed by atoms with van der Waals surface area (Å²) in [6, 6.07) is 17.5. The number of carbonyl (C=O) groups excluding carboxylic acids is 1. The number of halogens is 1. The summed E-state index contributed by atoms with van der Waals surface area (Å²) in [5.41, 5.74) is 1.25. The van der Waals surface area contributed by atoms with Crippen molar-refractivity contribution in [3.05, 3.63) is 89.3 Å². The molecule has 0 bridgehead atoms. The molecule has 2 aromatic heterocycles. The number of carbonyl (C=O) groups is 1. The number of nitrogens with one attached hydrogen (secondary N) is 2. The van der Waals surface area contributed by atoms with E-state index in [0.29, 0.717) is 22.2 Å². The van der Waals surface area contributed by atoms with Gasteiger partial charge in [-0.25, -0.2) is 8.42 Å². The maximum Gasteiger partial charge on any atom is 0.261 e. The number of aromatic nitrogens is 3. The van der Waals surface area contributed by atoms with Gasteiger partial charge in [0.15, 0.2) is 11.5 Å². The Kier molecular flexibility index (Phi) is 5.39. The smallest absolute Gasteiger partial charge is 0.261 e. The molecule has 0 aliphatic carbocycles. The summed E-state index contributed by atoms with van der Waals surface area (Å²) in [5, 5.41) is 11.3. The fourth-order valence-electron chi connectivity index (χ4n) is 2.81. The van der Waals surface area contributed by atoms with E-state index in [0.717, 1.165) is 0 Å². The Morgan fingerprint density at radius 3 is 2.60 bits per heavy atom. The average molecular weight is 442 g/mol. The summed E-state index contributed by atoms with van der Waals surface area (Å²) in [5.74, 6) is 0.137. The molecule has 4 aromatic rings. The second kappa shape index (κ2) is 8.13. The zero-order chi connectivity index (χ0) is 21.1. The molecular formula is C20H16ClN5O3S. The largest absolute Gasteiger partial charge is 0.345 e. The molecule has 0 unspecified atom stereocenters. The molecule has 10 heteroatoms. The van der Waals surface area contributed by atoms with Crippen LogP contribution >= 0.6 is 11.6 Å². The lowest BCUT2D eigenvalue weighted by Gasteiger charge is -2.10. The lowest BCUT2D eigenvalue weighted by atomic mass is 10.2. The number of hydrogen-bond donors (Lipinski definition) is 2. The Morgan fingerprint density at radius 2 is 1.80 bits per heavy atom. The number of hydrogen-bond acceptors (Lipinski definition) is 5. The molecule has 8 nitrogen and oxygen atoms in total. The molecular weight excluding hydrogens is 426 g/mol. The fraction of sp³-hybridized carbons (Fsp3) is 0.0500. The number of pyridine rings is 1. The van der Waals surface area contributed by atoms with E-state index in [1.165, 1.54) is 18.2 Å². The number of sulfonamides is 1. The molecule has 0 aliphatic rings. The molecule has 0 fully saturated rings. The number of anilines is 1. The monoisotopic (exact) mass is 441 g/mol. The van der Waals surface area contributed by atoms with Gasteiger partial charge in [-0.05, 0) is 54.6 Å². The molecule has 0 radical (unpaired) electrons. The first-order valence-electron chi connectivity index (χ1n) is 8.88. The Hall–Kier alpha value is -3.43. The molecule has 4 rings (SSSR count). The van der Waals surface area contributed by atoms with Crippen LogP contribution < -0.4 is 10.0 Å². The van der Waals surface area contributed by atoms with Gasteiger partial charge in [0.05, 0.1) is 11.4 Å². The van der Waals surface area contributed by atoms with Gasteiger partial charge in [0.2, 0.25) is 0 Å². The van der Waals surface area contributed by atoms with Gasteiger partial charge in [-0.3, -0.25) is 13.9 Å². The van der Waals surface area contributed by atoms with Crippen LogP contribution in [-0.4, -0.2) is 28.9 Å². The molecule has 152 valence electrons. The first-order chi connectivity index (χ1) is 14.4. The molecule has 1 amide bonds. The number of benzene rings is 2. The van der Waals surface area contributed by atoms with Crippen molar-refractivity contribution in [1.29, 1.82) is 0 Å². The van der Waals surface area contributed by atoms with E-state index in [1.54, 1.807) is 47.0 Å². The van der Waals surface area contributed by atoms with Gasteiger partial charge in [-0.15, -0.1) is 10.2 Å². The molecule has 2 N–H and O–H groups in total. The van der Waals surface area contributed by atoms with E-state index in [9.17, 15) is 13.2 Å². The zero-order valence-corrected chi connectivity index (χ0v) is 17.1. The normalized spacial score (nSPS) is 11.4. The predicted octanol–water partition coefficient (Wildman–Crippen LogP) is 3.11. The number of rotatable bonds is 6. The standard InChI is InChI=1S/C20H16ClN5O3S/c21-15-7-9-16(10-8-15)25-30(28,29)17-5-3-4-14(12-17)20(27)22-13-19-24-23-18-6-1-2-11-26(18)19/h1-12,25H,13H2,(H,22,27). The van der Waals surface area contributed by atoms with Crippen molar-refractivity contribution >= 4 is 38.9 Å². The molecule has 0 spiro atoms. The quantitative estimate of drug-likeness (QED) is 0.478. The van der Waals surface area contributed by atoms with Gasteiger partial charge in [-0.1, -0.05) is 23.7 Å². The van der Waals surface area contributed by atoms with Crippen LogP contribution in [0.3, 0.4) is 0 Å². The van der Waals surface area contributed by atoms with Crippen molar-refractivity contribution in [2.24, 2.45) is 0 Å². The highest BCUT2D eigenvalue weighted by Crippen LogP contribution is 2.19. The Bertz CT molecular complexity index is 1320. The lowest BCUT2D eigenvalue weighted by Crippen LogP contribution is -2.24. The average Bonchev–Trinajstić information content (AvgIpc) is 3.17. The highest BCUT2D eigenvalue weighted by molar-refractivity contribution is 7.92. The second-order valence-electron chi connectivity index (χ2n) is 6.37. The number of fused-ring (bicyclic) bond motifs is 1. The minimum atomic E-state index is -3.87. The van der Waals surface area contributed by atoms with Gasteiger partial charge in [0.1, 0.15) is 0 Å². The van der Waals surface area contributed by atoms with Crippen LogP contribution in [0, 0.1) is 0 Å². The van der Waals surface area contributed by atoms with Gasteiger partial charge in [0.25, 0.3) is 15.9 Å². The van der Waals surface area contributed by atoms with E-state index in [-0.39, 0.29) is 17.0 Å². The SMILES string of the molecule is O=C(NCc1nnc2ccccn12)c1cccc(S(=O)(=O)Nc2ccc(Cl)cc2)c1. The van der Waals surface area contributed by atoms with Crippen LogP contribution in [0.25, 0.3) is 5.65 Å². The molecule has 0 saturated carbocycles. The summed E-state index contributed by atoms with van der Waals surface area (Å²) in [7, 11) is -3.87. The van der Waals surface area contributed by atoms with Gasteiger partial charge >= 0.3 is 0 Å². The lowest BCUT2D eigenvalue weighted by molar-refractivity contribution is 0.0949. The summed E-state index contributed by atoms with van der Waals surface area (Å²) in [6.45, 7) is 0.143. The third kappa shape index (κ3) is 4.27. The van der Waals surface area contributed by atoms with Crippen molar-refractivity contribution in [3.8, 4) is 0 Å². The van der Waals surface area contributed by atoms with Crippen molar-refractivity contribution < 1.29 is 13.2 Å².